The third-order valence-electron chi connectivity index (χ3n) is 5.62. The molecule has 3 aromatic rings. The normalized spacial score (nSPS) is 15.1. The Kier molecular flexibility index (Phi) is 6.30. The zero-order valence-electron chi connectivity index (χ0n) is 18.3. The molecule has 1 N–H and O–H groups in total. The predicted octanol–water partition coefficient (Wildman–Crippen LogP) is 4.49. The van der Waals surface area contributed by atoms with Gasteiger partial charge in [0, 0.05) is 5.41 Å². The number of aromatic amines is 1. The van der Waals surface area contributed by atoms with E-state index in [9.17, 15) is 22.8 Å². The Morgan fingerprint density at radius 3 is 2.68 bits per heavy atom. The van der Waals surface area contributed by atoms with Crippen LogP contribution in [0.3, 0.4) is 0 Å². The molecule has 0 saturated carbocycles. The molecule has 0 atom stereocenters. The van der Waals surface area contributed by atoms with Gasteiger partial charge >= 0.3 is 11.9 Å². The molecule has 1 aliphatic rings. The van der Waals surface area contributed by atoms with Gasteiger partial charge in [0.25, 0.3) is 5.91 Å². The minimum atomic E-state index is -4.08. The molecule has 180 valence electrons. The van der Waals surface area contributed by atoms with Crippen LogP contribution in [0.2, 0.25) is 5.02 Å². The van der Waals surface area contributed by atoms with Crippen molar-refractivity contribution >= 4 is 40.2 Å². The minimum absolute atomic E-state index is 0.180. The number of H-pyrrole nitrogens is 1. The number of carbonyl (C=O) groups excluding carboxylic acids is 2. The molecule has 34 heavy (non-hydrogen) atoms. The Morgan fingerprint density at radius 2 is 2.03 bits per heavy atom. The predicted molar refractivity (Wildman–Crippen MR) is 119 cm³/mol. The first kappa shape index (κ1) is 24.0. The lowest BCUT2D eigenvalue weighted by Gasteiger charge is -2.38. The summed E-state index contributed by atoms with van der Waals surface area (Å²) in [5.41, 5.74) is 1.38. The Bertz CT molecular complexity index is 1260. The molecule has 2 heterocycles. The second-order valence-corrected chi connectivity index (χ2v) is 8.64. The summed E-state index contributed by atoms with van der Waals surface area (Å²) in [6, 6.07) is 8.82. The average molecular weight is 496 g/mol. The van der Waals surface area contributed by atoms with Crippen LogP contribution in [0.15, 0.2) is 36.4 Å². The molecule has 0 aliphatic carbocycles. The van der Waals surface area contributed by atoms with E-state index < -0.39 is 35.2 Å². The van der Waals surface area contributed by atoms with Crippen molar-refractivity contribution in [3.8, 4) is 0 Å². The maximum absolute atomic E-state index is 14.6. The van der Waals surface area contributed by atoms with Crippen LogP contribution in [0.5, 0.6) is 0 Å². The molecule has 0 bridgehead atoms. The quantitative estimate of drug-likeness (QED) is 0.488. The zero-order chi connectivity index (χ0) is 24.7. The molecule has 0 spiro atoms. The molecule has 4 rings (SSSR count). The van der Waals surface area contributed by atoms with E-state index in [-0.39, 0.29) is 23.5 Å². The van der Waals surface area contributed by atoms with Gasteiger partial charge in [0.2, 0.25) is 0 Å². The van der Waals surface area contributed by atoms with Gasteiger partial charge in [-0.15, -0.1) is 0 Å². The number of carbonyl (C=O) groups is 2. The maximum atomic E-state index is 14.6. The lowest BCUT2D eigenvalue weighted by atomic mass is 9.81. The molecule has 1 fully saturated rings. The van der Waals surface area contributed by atoms with Crippen LogP contribution in [0.25, 0.3) is 11.0 Å². The van der Waals surface area contributed by atoms with Crippen molar-refractivity contribution in [2.75, 3.05) is 31.3 Å². The Balaban J connectivity index is 1.73. The molecule has 0 radical (unpaired) electrons. The van der Waals surface area contributed by atoms with Gasteiger partial charge < -0.3 is 14.5 Å². The van der Waals surface area contributed by atoms with Crippen molar-refractivity contribution in [2.24, 2.45) is 0 Å². The number of nitrogens with zero attached hydrogens (tertiary/aromatic N) is 2. The summed E-state index contributed by atoms with van der Waals surface area (Å²) >= 11 is 5.99. The van der Waals surface area contributed by atoms with Gasteiger partial charge in [0.05, 0.1) is 36.5 Å². The number of amides is 1. The van der Waals surface area contributed by atoms with Gasteiger partial charge in [0.15, 0.2) is 5.82 Å². The van der Waals surface area contributed by atoms with Crippen molar-refractivity contribution in [1.82, 2.24) is 9.97 Å². The number of hydrogen-bond donors (Lipinski definition) is 1. The van der Waals surface area contributed by atoms with Crippen LogP contribution in [-0.4, -0.2) is 54.1 Å². The number of benzene rings is 2. The molecule has 7 nitrogen and oxygen atoms in total. The van der Waals surface area contributed by atoms with E-state index in [4.69, 9.17) is 16.3 Å². The zero-order valence-corrected chi connectivity index (χ0v) is 19.1. The van der Waals surface area contributed by atoms with Crippen LogP contribution in [0.4, 0.5) is 18.9 Å². The largest absolute Gasteiger partial charge is 0.462 e. The lowest BCUT2D eigenvalue weighted by Crippen LogP contribution is -2.46. The summed E-state index contributed by atoms with van der Waals surface area (Å²) in [5.74, 6) is -8.11. The van der Waals surface area contributed by atoms with Crippen LogP contribution < -0.4 is 4.90 Å². The first-order valence-corrected chi connectivity index (χ1v) is 10.8. The summed E-state index contributed by atoms with van der Waals surface area (Å²) in [6.45, 7) is 2.79. The van der Waals surface area contributed by atoms with E-state index >= 15 is 0 Å². The summed E-state index contributed by atoms with van der Waals surface area (Å²) < 4.78 is 53.1. The highest BCUT2D eigenvalue weighted by Gasteiger charge is 2.45. The molecule has 0 unspecified atom stereocenters. The van der Waals surface area contributed by atoms with Crippen LogP contribution in [0, 0.1) is 5.82 Å². The fourth-order valence-corrected chi connectivity index (χ4v) is 3.88. The average Bonchev–Trinajstić information content (AvgIpc) is 3.21. The Labute approximate surface area is 197 Å². The van der Waals surface area contributed by atoms with E-state index in [1.807, 2.05) is 13.0 Å². The SMILES string of the molecule is CCOC(=O)C(F)(F)CN(C(=O)c1nc2cc(C3(C)COC3)ccc2[nH]1)c1cccc(F)c1Cl. The molecule has 1 aliphatic heterocycles. The molecular weight excluding hydrogens is 475 g/mol. The third kappa shape index (κ3) is 4.35. The van der Waals surface area contributed by atoms with Crippen LogP contribution >= 0.6 is 11.6 Å². The molecular formula is C23H21ClF3N3O4. The first-order valence-electron chi connectivity index (χ1n) is 10.4. The third-order valence-corrected chi connectivity index (χ3v) is 6.00. The van der Waals surface area contributed by atoms with Crippen molar-refractivity contribution < 1.29 is 32.2 Å². The second-order valence-electron chi connectivity index (χ2n) is 8.26. The fraction of sp³-hybridized carbons (Fsp3) is 0.348. The topological polar surface area (TPSA) is 84.5 Å². The van der Waals surface area contributed by atoms with Crippen LogP contribution in [-0.2, 0) is 19.7 Å². The number of anilines is 1. The minimum Gasteiger partial charge on any atom is -0.462 e. The number of nitrogens with one attached hydrogen (secondary N) is 1. The number of halogens is 4. The van der Waals surface area contributed by atoms with Crippen molar-refractivity contribution in [1.29, 1.82) is 0 Å². The molecule has 1 aromatic heterocycles. The smallest absolute Gasteiger partial charge is 0.378 e. The first-order chi connectivity index (χ1) is 16.1. The van der Waals surface area contributed by atoms with Gasteiger partial charge in [-0.3, -0.25) is 9.69 Å². The lowest BCUT2D eigenvalue weighted by molar-refractivity contribution is -0.169. The van der Waals surface area contributed by atoms with E-state index in [2.05, 4.69) is 14.7 Å². The number of fused-ring (bicyclic) bond motifs is 1. The Morgan fingerprint density at radius 1 is 1.29 bits per heavy atom. The van der Waals surface area contributed by atoms with E-state index in [1.54, 1.807) is 12.1 Å². The van der Waals surface area contributed by atoms with Gasteiger partial charge in [-0.2, -0.15) is 8.78 Å². The second kappa shape index (κ2) is 8.92. The summed E-state index contributed by atoms with van der Waals surface area (Å²) in [4.78, 5) is 32.7. The maximum Gasteiger partial charge on any atom is 0.378 e. The number of rotatable bonds is 7. The summed E-state index contributed by atoms with van der Waals surface area (Å²) in [7, 11) is 0. The number of alkyl halides is 2. The molecule has 1 amide bonds. The highest BCUT2D eigenvalue weighted by molar-refractivity contribution is 6.34. The van der Waals surface area contributed by atoms with E-state index in [0.29, 0.717) is 29.1 Å². The van der Waals surface area contributed by atoms with Crippen molar-refractivity contribution in [2.45, 2.75) is 25.2 Å². The fourth-order valence-electron chi connectivity index (χ4n) is 3.65. The van der Waals surface area contributed by atoms with Gasteiger partial charge in [-0.05, 0) is 36.8 Å². The van der Waals surface area contributed by atoms with Gasteiger partial charge in [-0.25, -0.2) is 14.2 Å². The van der Waals surface area contributed by atoms with Crippen molar-refractivity contribution in [3.05, 3.63) is 58.6 Å². The molecule has 11 heteroatoms. The molecule has 1 saturated heterocycles. The number of ether oxygens (including phenoxy) is 2. The van der Waals surface area contributed by atoms with E-state index in [1.165, 1.54) is 19.1 Å². The highest BCUT2D eigenvalue weighted by atomic mass is 35.5. The molecule has 2 aromatic carbocycles. The van der Waals surface area contributed by atoms with Gasteiger partial charge in [-0.1, -0.05) is 30.7 Å². The number of imidazole rings is 1. The van der Waals surface area contributed by atoms with E-state index in [0.717, 1.165) is 11.6 Å². The number of hydrogen-bond acceptors (Lipinski definition) is 5. The Hall–Kier alpha value is -3.11. The standard InChI is InChI=1S/C23H21ClF3N3O4/c1-3-34-21(32)23(26,27)10-30(17-6-4-5-14(25)18(17)24)20(31)19-28-15-8-7-13(9-16(15)29-19)22(2)11-33-12-22/h4-9H,3,10-12H2,1-2H3,(H,28,29). The summed E-state index contributed by atoms with van der Waals surface area (Å²) in [5, 5.41) is -0.549. The van der Waals surface area contributed by atoms with Crippen LogP contribution in [0.1, 0.15) is 30.0 Å². The number of aromatic nitrogens is 2. The monoisotopic (exact) mass is 495 g/mol. The van der Waals surface area contributed by atoms with Crippen molar-refractivity contribution in [3.63, 3.8) is 0 Å². The highest BCUT2D eigenvalue weighted by Crippen LogP contribution is 2.34. The van der Waals surface area contributed by atoms with Gasteiger partial charge in [0.1, 0.15) is 17.4 Å². The summed E-state index contributed by atoms with van der Waals surface area (Å²) in [6.07, 6.45) is 0. The number of esters is 1.